The molecule has 0 saturated carbocycles. The third kappa shape index (κ3) is 7.02. The SMILES string of the molecule is CN(CCS)CC1CSC(c2ccccc2)=N1.COC=O. The minimum absolute atomic E-state index is 0.375. The average molecular weight is 326 g/mol. The molecule has 0 radical (unpaired) electrons. The molecular weight excluding hydrogens is 304 g/mol. The van der Waals surface area contributed by atoms with Gasteiger partial charge in [-0.15, -0.1) is 11.8 Å². The number of thioether (sulfide) groups is 1. The van der Waals surface area contributed by atoms with E-state index in [1.165, 1.54) is 17.7 Å². The van der Waals surface area contributed by atoms with Crippen LogP contribution in [0.3, 0.4) is 0 Å². The molecule has 1 heterocycles. The standard InChI is InChI=1S/C13H18N2S2.C2H4O2/c1-15(7-8-16)9-12-10-17-13(14-12)11-5-3-2-4-6-11;1-4-2-3/h2-6,12,16H,7-10H2,1H3;2H,1H3. The monoisotopic (exact) mass is 326 g/mol. The number of carbonyl (C=O) groups excluding carboxylic acids is 1. The summed E-state index contributed by atoms with van der Waals surface area (Å²) in [6.07, 6.45) is 0. The summed E-state index contributed by atoms with van der Waals surface area (Å²) in [4.78, 5) is 16.0. The Bertz CT molecular complexity index is 441. The van der Waals surface area contributed by atoms with E-state index in [4.69, 9.17) is 9.79 Å². The third-order valence-electron chi connectivity index (χ3n) is 2.83. The summed E-state index contributed by atoms with van der Waals surface area (Å²) >= 11 is 6.12. The van der Waals surface area contributed by atoms with Gasteiger partial charge in [-0.25, -0.2) is 0 Å². The van der Waals surface area contributed by atoms with Gasteiger partial charge in [-0.1, -0.05) is 30.3 Å². The summed E-state index contributed by atoms with van der Waals surface area (Å²) in [5.74, 6) is 2.01. The third-order valence-corrected chi connectivity index (χ3v) is 4.20. The number of carbonyl (C=O) groups is 1. The normalized spacial score (nSPS) is 17.0. The largest absolute Gasteiger partial charge is 0.471 e. The summed E-state index contributed by atoms with van der Waals surface area (Å²) in [6, 6.07) is 10.9. The molecule has 0 aromatic heterocycles. The van der Waals surface area contributed by atoms with Crippen LogP contribution in [-0.4, -0.2) is 61.2 Å². The van der Waals surface area contributed by atoms with Crippen LogP contribution in [0.4, 0.5) is 0 Å². The van der Waals surface area contributed by atoms with Crippen LogP contribution in [0, 0.1) is 0 Å². The zero-order valence-electron chi connectivity index (χ0n) is 12.4. The molecule has 1 aliphatic rings. The highest BCUT2D eigenvalue weighted by atomic mass is 32.2. The van der Waals surface area contributed by atoms with Crippen molar-refractivity contribution >= 4 is 35.9 Å². The Balaban J connectivity index is 0.000000491. The van der Waals surface area contributed by atoms with E-state index in [0.29, 0.717) is 12.5 Å². The molecule has 0 spiro atoms. The average Bonchev–Trinajstić information content (AvgIpc) is 2.97. The number of hydrogen-bond donors (Lipinski definition) is 1. The Morgan fingerprint density at radius 3 is 2.71 bits per heavy atom. The van der Waals surface area contributed by atoms with E-state index in [2.05, 4.69) is 53.6 Å². The second kappa shape index (κ2) is 10.7. The van der Waals surface area contributed by atoms with E-state index in [9.17, 15) is 0 Å². The van der Waals surface area contributed by atoms with Gasteiger partial charge in [-0.05, 0) is 7.05 Å². The molecular formula is C15H22N2O2S2. The van der Waals surface area contributed by atoms with Gasteiger partial charge in [0.1, 0.15) is 0 Å². The minimum atomic E-state index is 0.375. The summed E-state index contributed by atoms with van der Waals surface area (Å²) < 4.78 is 3.86. The molecule has 1 atom stereocenters. The van der Waals surface area contributed by atoms with Crippen LogP contribution in [0.2, 0.25) is 0 Å². The molecule has 21 heavy (non-hydrogen) atoms. The molecule has 1 unspecified atom stereocenters. The number of nitrogens with zero attached hydrogens (tertiary/aromatic N) is 2. The molecule has 0 bridgehead atoms. The molecule has 0 fully saturated rings. The Morgan fingerprint density at radius 2 is 2.14 bits per heavy atom. The molecule has 1 aliphatic heterocycles. The number of ether oxygens (including phenoxy) is 1. The van der Waals surface area contributed by atoms with Crippen LogP contribution >= 0.6 is 24.4 Å². The summed E-state index contributed by atoms with van der Waals surface area (Å²) in [5.41, 5.74) is 1.25. The fourth-order valence-corrected chi connectivity index (χ4v) is 3.27. The molecule has 4 nitrogen and oxygen atoms in total. The molecule has 1 aromatic carbocycles. The Labute approximate surface area is 136 Å². The second-order valence-corrected chi connectivity index (χ2v) is 6.04. The van der Waals surface area contributed by atoms with E-state index in [1.54, 1.807) is 0 Å². The minimum Gasteiger partial charge on any atom is -0.471 e. The van der Waals surface area contributed by atoms with Crippen LogP contribution in [-0.2, 0) is 9.53 Å². The smallest absolute Gasteiger partial charge is 0.292 e. The van der Waals surface area contributed by atoms with Gasteiger partial charge >= 0.3 is 0 Å². The van der Waals surface area contributed by atoms with Gasteiger partial charge in [0.2, 0.25) is 0 Å². The Hall–Kier alpha value is -0.980. The van der Waals surface area contributed by atoms with E-state index < -0.39 is 0 Å². The van der Waals surface area contributed by atoms with E-state index >= 15 is 0 Å². The van der Waals surface area contributed by atoms with Crippen LogP contribution < -0.4 is 0 Å². The fraction of sp³-hybridized carbons (Fsp3) is 0.467. The topological polar surface area (TPSA) is 41.9 Å². The lowest BCUT2D eigenvalue weighted by atomic mass is 10.2. The summed E-state index contributed by atoms with van der Waals surface area (Å²) in [5, 5.41) is 1.19. The molecule has 0 saturated heterocycles. The van der Waals surface area contributed by atoms with Crippen molar-refractivity contribution in [1.82, 2.24) is 4.90 Å². The van der Waals surface area contributed by atoms with Gasteiger partial charge in [0.05, 0.1) is 18.2 Å². The van der Waals surface area contributed by atoms with Crippen molar-refractivity contribution in [3.8, 4) is 0 Å². The first-order valence-corrected chi connectivity index (χ1v) is 8.35. The lowest BCUT2D eigenvalue weighted by Crippen LogP contribution is -2.29. The van der Waals surface area contributed by atoms with Crippen LogP contribution in [0.1, 0.15) is 5.56 Å². The van der Waals surface area contributed by atoms with Gasteiger partial charge < -0.3 is 9.64 Å². The van der Waals surface area contributed by atoms with Crippen LogP contribution in [0.5, 0.6) is 0 Å². The van der Waals surface area contributed by atoms with Crippen molar-refractivity contribution in [2.45, 2.75) is 6.04 Å². The van der Waals surface area contributed by atoms with Crippen molar-refractivity contribution in [3.63, 3.8) is 0 Å². The van der Waals surface area contributed by atoms with Crippen molar-refractivity contribution in [3.05, 3.63) is 35.9 Å². The predicted octanol–water partition coefficient (Wildman–Crippen LogP) is 2.20. The van der Waals surface area contributed by atoms with Crippen molar-refractivity contribution in [1.29, 1.82) is 0 Å². The predicted molar refractivity (Wildman–Crippen MR) is 93.6 cm³/mol. The van der Waals surface area contributed by atoms with Crippen LogP contribution in [0.15, 0.2) is 35.3 Å². The first-order valence-electron chi connectivity index (χ1n) is 6.73. The molecule has 0 amide bonds. The Kier molecular flexibility index (Phi) is 9.21. The molecule has 0 aliphatic carbocycles. The number of thiol groups is 1. The maximum Gasteiger partial charge on any atom is 0.292 e. The number of aliphatic imine (C=N–C) groups is 1. The highest BCUT2D eigenvalue weighted by molar-refractivity contribution is 8.14. The Morgan fingerprint density at radius 1 is 1.48 bits per heavy atom. The van der Waals surface area contributed by atoms with Crippen molar-refractivity contribution in [2.75, 3.05) is 38.8 Å². The number of benzene rings is 1. The first kappa shape index (κ1) is 18.1. The molecule has 1 aromatic rings. The number of methoxy groups -OCH3 is 1. The maximum atomic E-state index is 8.95. The first-order chi connectivity index (χ1) is 10.2. The quantitative estimate of drug-likeness (QED) is 0.643. The number of hydrogen-bond acceptors (Lipinski definition) is 6. The van der Waals surface area contributed by atoms with Gasteiger partial charge in [0.25, 0.3) is 6.47 Å². The lowest BCUT2D eigenvalue weighted by molar-refractivity contribution is -0.126. The highest BCUT2D eigenvalue weighted by Gasteiger charge is 2.20. The zero-order chi connectivity index (χ0) is 15.5. The maximum absolute atomic E-state index is 8.95. The van der Waals surface area contributed by atoms with Gasteiger partial charge in [0.15, 0.2) is 0 Å². The lowest BCUT2D eigenvalue weighted by Gasteiger charge is -2.17. The van der Waals surface area contributed by atoms with E-state index in [-0.39, 0.29) is 0 Å². The second-order valence-electron chi connectivity index (χ2n) is 4.58. The number of likely N-dealkylation sites (N-methyl/N-ethyl adjacent to an activating group) is 1. The number of rotatable bonds is 6. The molecule has 2 rings (SSSR count). The molecule has 6 heteroatoms. The zero-order valence-corrected chi connectivity index (χ0v) is 14.1. The van der Waals surface area contributed by atoms with Gasteiger partial charge in [0, 0.05) is 30.2 Å². The van der Waals surface area contributed by atoms with Crippen LogP contribution in [0.25, 0.3) is 0 Å². The summed E-state index contributed by atoms with van der Waals surface area (Å²) in [7, 11) is 3.45. The fourth-order valence-electron chi connectivity index (χ4n) is 1.87. The van der Waals surface area contributed by atoms with Gasteiger partial charge in [-0.2, -0.15) is 12.6 Å². The molecule has 0 N–H and O–H groups in total. The van der Waals surface area contributed by atoms with Crippen molar-refractivity contribution < 1.29 is 9.53 Å². The highest BCUT2D eigenvalue weighted by Crippen LogP contribution is 2.23. The summed E-state index contributed by atoms with van der Waals surface area (Å²) in [6.45, 7) is 2.43. The van der Waals surface area contributed by atoms with Gasteiger partial charge in [-0.3, -0.25) is 9.79 Å². The van der Waals surface area contributed by atoms with E-state index in [0.717, 1.165) is 24.6 Å². The molecule has 116 valence electrons. The van der Waals surface area contributed by atoms with Crippen molar-refractivity contribution in [2.24, 2.45) is 4.99 Å². The van der Waals surface area contributed by atoms with E-state index in [1.807, 2.05) is 17.8 Å².